The lowest BCUT2D eigenvalue weighted by Crippen LogP contribution is -2.20. The van der Waals surface area contributed by atoms with Crippen molar-refractivity contribution in [3.05, 3.63) is 24.5 Å². The van der Waals surface area contributed by atoms with Gasteiger partial charge in [-0.25, -0.2) is 0 Å². The highest BCUT2D eigenvalue weighted by Crippen LogP contribution is 2.11. The van der Waals surface area contributed by atoms with E-state index in [0.717, 1.165) is 17.7 Å². The van der Waals surface area contributed by atoms with Crippen molar-refractivity contribution < 1.29 is 0 Å². The van der Waals surface area contributed by atoms with Crippen LogP contribution in [0.1, 0.15) is 5.56 Å². The van der Waals surface area contributed by atoms with Crippen LogP contribution in [0.25, 0.3) is 5.57 Å². The van der Waals surface area contributed by atoms with Gasteiger partial charge in [0.25, 0.3) is 0 Å². The van der Waals surface area contributed by atoms with Crippen LogP contribution in [0.2, 0.25) is 0 Å². The van der Waals surface area contributed by atoms with Gasteiger partial charge >= 0.3 is 0 Å². The van der Waals surface area contributed by atoms with Gasteiger partial charge in [0.2, 0.25) is 0 Å². The highest BCUT2D eigenvalue weighted by molar-refractivity contribution is 5.63. The summed E-state index contributed by atoms with van der Waals surface area (Å²) in [6.07, 6.45) is 8.97. The Morgan fingerprint density at radius 3 is 3.00 bits per heavy atom. The van der Waals surface area contributed by atoms with E-state index in [1.165, 1.54) is 0 Å². The van der Waals surface area contributed by atoms with E-state index in [2.05, 4.69) is 17.6 Å². The summed E-state index contributed by atoms with van der Waals surface area (Å²) >= 11 is 0. The number of aryl methyl sites for hydroxylation is 1. The molecule has 3 heteroatoms. The van der Waals surface area contributed by atoms with Crippen LogP contribution in [0.3, 0.4) is 0 Å². The molecule has 1 aromatic rings. The molecule has 0 saturated carbocycles. The predicted molar refractivity (Wildman–Crippen MR) is 58.6 cm³/mol. The van der Waals surface area contributed by atoms with Crippen LogP contribution in [0.5, 0.6) is 0 Å². The second-order valence-corrected chi connectivity index (χ2v) is 3.38. The van der Waals surface area contributed by atoms with Gasteiger partial charge in [0.15, 0.2) is 0 Å². The first-order chi connectivity index (χ1) is 6.63. The zero-order chi connectivity index (χ0) is 10.6. The van der Waals surface area contributed by atoms with Crippen LogP contribution < -0.4 is 0 Å². The van der Waals surface area contributed by atoms with E-state index >= 15 is 0 Å². The molecule has 0 atom stereocenters. The lowest BCUT2D eigenvalue weighted by Gasteiger charge is -2.13. The van der Waals surface area contributed by atoms with Gasteiger partial charge in [-0.15, -0.1) is 6.42 Å². The fraction of sp³-hybridized carbons (Fsp3) is 0.364. The number of hydrogen-bond donors (Lipinski definition) is 0. The van der Waals surface area contributed by atoms with Gasteiger partial charge in [0.05, 0.1) is 12.7 Å². The second-order valence-electron chi connectivity index (χ2n) is 3.38. The Kier molecular flexibility index (Phi) is 3.49. The van der Waals surface area contributed by atoms with E-state index in [4.69, 9.17) is 6.42 Å². The molecule has 0 aliphatic carbocycles. The number of likely N-dealkylation sites (N-methyl/N-ethyl adjacent to an activating group) is 1. The summed E-state index contributed by atoms with van der Waals surface area (Å²) in [5.74, 6) is 2.59. The summed E-state index contributed by atoms with van der Waals surface area (Å²) in [5, 5.41) is 4.09. The molecule has 0 saturated heterocycles. The average Bonchev–Trinajstić information content (AvgIpc) is 2.52. The molecule has 3 nitrogen and oxygen atoms in total. The van der Waals surface area contributed by atoms with Crippen molar-refractivity contribution in [2.24, 2.45) is 7.05 Å². The Morgan fingerprint density at radius 2 is 2.50 bits per heavy atom. The third kappa shape index (κ3) is 2.75. The molecule has 0 radical (unpaired) electrons. The van der Waals surface area contributed by atoms with Crippen molar-refractivity contribution in [1.29, 1.82) is 0 Å². The molecule has 0 amide bonds. The molecule has 1 heterocycles. The fourth-order valence-electron chi connectivity index (χ4n) is 1.23. The number of hydrogen-bond acceptors (Lipinski definition) is 2. The smallest absolute Gasteiger partial charge is 0.0599 e. The predicted octanol–water partition coefficient (Wildman–Crippen LogP) is 0.998. The molecule has 0 bridgehead atoms. The number of terminal acetylenes is 1. The SMILES string of the molecule is C#CCN(C)CC(=C)c1cnn(C)c1. The molecule has 1 rings (SSSR count). The molecular weight excluding hydrogens is 174 g/mol. The summed E-state index contributed by atoms with van der Waals surface area (Å²) in [6, 6.07) is 0. The van der Waals surface area contributed by atoms with Gasteiger partial charge in [-0.1, -0.05) is 12.5 Å². The number of nitrogens with zero attached hydrogens (tertiary/aromatic N) is 3. The van der Waals surface area contributed by atoms with Gasteiger partial charge < -0.3 is 0 Å². The van der Waals surface area contributed by atoms with Crippen molar-refractivity contribution >= 4 is 5.57 Å². The molecule has 0 spiro atoms. The monoisotopic (exact) mass is 189 g/mol. The molecule has 0 unspecified atom stereocenters. The first-order valence-electron chi connectivity index (χ1n) is 4.42. The highest BCUT2D eigenvalue weighted by Gasteiger charge is 2.04. The number of aromatic nitrogens is 2. The lowest BCUT2D eigenvalue weighted by molar-refractivity contribution is 0.425. The van der Waals surface area contributed by atoms with E-state index < -0.39 is 0 Å². The van der Waals surface area contributed by atoms with E-state index in [-0.39, 0.29) is 0 Å². The minimum absolute atomic E-state index is 0.638. The van der Waals surface area contributed by atoms with Crippen LogP contribution in [-0.4, -0.2) is 34.8 Å². The maximum Gasteiger partial charge on any atom is 0.0599 e. The average molecular weight is 189 g/mol. The maximum absolute atomic E-state index is 5.21. The van der Waals surface area contributed by atoms with Crippen molar-refractivity contribution in [1.82, 2.24) is 14.7 Å². The van der Waals surface area contributed by atoms with Gasteiger partial charge in [-0.05, 0) is 12.6 Å². The van der Waals surface area contributed by atoms with Crippen molar-refractivity contribution in [2.45, 2.75) is 0 Å². The van der Waals surface area contributed by atoms with E-state index in [9.17, 15) is 0 Å². The lowest BCUT2D eigenvalue weighted by atomic mass is 10.1. The highest BCUT2D eigenvalue weighted by atomic mass is 15.2. The standard InChI is InChI=1S/C11H15N3/c1-5-6-13(3)8-10(2)11-7-12-14(4)9-11/h1,7,9H,2,6,8H2,3-4H3. The molecule has 0 aliphatic heterocycles. The quantitative estimate of drug-likeness (QED) is 0.659. The van der Waals surface area contributed by atoms with Crippen LogP contribution in [0.4, 0.5) is 0 Å². The Labute approximate surface area is 85.0 Å². The Hall–Kier alpha value is -1.53. The van der Waals surface area contributed by atoms with Gasteiger partial charge in [-0.3, -0.25) is 9.58 Å². The molecule has 0 aliphatic rings. The zero-order valence-corrected chi connectivity index (χ0v) is 8.70. The Bertz CT molecular complexity index is 357. The molecule has 1 aromatic heterocycles. The summed E-state index contributed by atoms with van der Waals surface area (Å²) < 4.78 is 1.77. The van der Waals surface area contributed by atoms with Crippen molar-refractivity contribution in [3.63, 3.8) is 0 Å². The third-order valence-corrected chi connectivity index (χ3v) is 1.94. The summed E-state index contributed by atoms with van der Waals surface area (Å²) in [7, 11) is 3.86. The molecular formula is C11H15N3. The van der Waals surface area contributed by atoms with Gasteiger partial charge in [0, 0.05) is 25.4 Å². The van der Waals surface area contributed by atoms with Crippen LogP contribution in [0, 0.1) is 12.3 Å². The summed E-state index contributed by atoms with van der Waals surface area (Å²) in [4.78, 5) is 2.04. The van der Waals surface area contributed by atoms with Crippen LogP contribution >= 0.6 is 0 Å². The van der Waals surface area contributed by atoms with Crippen molar-refractivity contribution in [3.8, 4) is 12.3 Å². The molecule has 0 N–H and O–H groups in total. The second kappa shape index (κ2) is 4.64. The Morgan fingerprint density at radius 1 is 1.79 bits per heavy atom. The largest absolute Gasteiger partial charge is 0.291 e. The normalized spacial score (nSPS) is 10.1. The molecule has 14 heavy (non-hydrogen) atoms. The third-order valence-electron chi connectivity index (χ3n) is 1.94. The van der Waals surface area contributed by atoms with Gasteiger partial charge in [0.1, 0.15) is 0 Å². The maximum atomic E-state index is 5.21. The molecule has 0 fully saturated rings. The van der Waals surface area contributed by atoms with Crippen molar-refractivity contribution in [2.75, 3.05) is 20.1 Å². The molecule has 0 aromatic carbocycles. The van der Waals surface area contributed by atoms with E-state index in [0.29, 0.717) is 6.54 Å². The minimum Gasteiger partial charge on any atom is -0.291 e. The van der Waals surface area contributed by atoms with E-state index in [1.807, 2.05) is 31.4 Å². The first kappa shape index (κ1) is 10.6. The zero-order valence-electron chi connectivity index (χ0n) is 8.70. The topological polar surface area (TPSA) is 21.1 Å². The Balaban J connectivity index is 2.55. The van der Waals surface area contributed by atoms with Gasteiger partial charge in [-0.2, -0.15) is 5.10 Å². The number of rotatable bonds is 4. The van der Waals surface area contributed by atoms with Crippen LogP contribution in [0.15, 0.2) is 19.0 Å². The fourth-order valence-corrected chi connectivity index (χ4v) is 1.23. The van der Waals surface area contributed by atoms with E-state index in [1.54, 1.807) is 4.68 Å². The first-order valence-corrected chi connectivity index (χ1v) is 4.42. The molecule has 74 valence electrons. The van der Waals surface area contributed by atoms with Crippen LogP contribution in [-0.2, 0) is 7.05 Å². The summed E-state index contributed by atoms with van der Waals surface area (Å²) in [6.45, 7) is 5.41. The minimum atomic E-state index is 0.638. The summed E-state index contributed by atoms with van der Waals surface area (Å²) in [5.41, 5.74) is 2.10.